The molecule has 4 nitrogen and oxygen atoms in total. The second-order valence-corrected chi connectivity index (χ2v) is 1.52. The Morgan fingerprint density at radius 1 is 1.67 bits per heavy atom. The SMILES string of the molecule is COc1cnnc(N)c1. The van der Waals surface area contributed by atoms with Gasteiger partial charge in [0.15, 0.2) is 0 Å². The zero-order valence-corrected chi connectivity index (χ0v) is 5.03. The molecule has 9 heavy (non-hydrogen) atoms. The van der Waals surface area contributed by atoms with Crippen LogP contribution in [-0.2, 0) is 0 Å². The van der Waals surface area contributed by atoms with Crippen LogP contribution in [-0.4, -0.2) is 17.3 Å². The summed E-state index contributed by atoms with van der Waals surface area (Å²) in [6.07, 6.45) is 1.50. The van der Waals surface area contributed by atoms with Crippen molar-refractivity contribution < 1.29 is 4.74 Å². The Morgan fingerprint density at radius 2 is 2.44 bits per heavy atom. The van der Waals surface area contributed by atoms with E-state index in [2.05, 4.69) is 10.2 Å². The fourth-order valence-electron chi connectivity index (χ4n) is 0.476. The molecule has 0 saturated carbocycles. The van der Waals surface area contributed by atoms with E-state index in [-0.39, 0.29) is 0 Å². The molecule has 0 spiro atoms. The van der Waals surface area contributed by atoms with Crippen LogP contribution in [0, 0.1) is 0 Å². The van der Waals surface area contributed by atoms with Gasteiger partial charge in [0, 0.05) is 6.07 Å². The standard InChI is InChI=1S/C5H7N3O/c1-9-4-2-5(6)8-7-3-4/h2-3H,1H3,(H2,6,8). The van der Waals surface area contributed by atoms with E-state index in [9.17, 15) is 0 Å². The Bertz CT molecular complexity index is 201. The highest BCUT2D eigenvalue weighted by atomic mass is 16.5. The third kappa shape index (κ3) is 1.28. The van der Waals surface area contributed by atoms with Crippen molar-refractivity contribution in [1.82, 2.24) is 10.2 Å². The van der Waals surface area contributed by atoms with E-state index in [0.29, 0.717) is 11.6 Å². The van der Waals surface area contributed by atoms with Gasteiger partial charge in [-0.1, -0.05) is 0 Å². The molecule has 0 aromatic carbocycles. The van der Waals surface area contributed by atoms with Gasteiger partial charge in [0.05, 0.1) is 13.3 Å². The number of anilines is 1. The minimum absolute atomic E-state index is 0.370. The number of nitrogens with zero attached hydrogens (tertiary/aromatic N) is 2. The van der Waals surface area contributed by atoms with Crippen molar-refractivity contribution in [3.05, 3.63) is 12.3 Å². The molecule has 0 unspecified atom stereocenters. The topological polar surface area (TPSA) is 61.0 Å². The van der Waals surface area contributed by atoms with E-state index in [4.69, 9.17) is 10.5 Å². The van der Waals surface area contributed by atoms with E-state index < -0.39 is 0 Å². The minimum atomic E-state index is 0.370. The lowest BCUT2D eigenvalue weighted by Gasteiger charge is -1.95. The number of aromatic nitrogens is 2. The van der Waals surface area contributed by atoms with E-state index in [1.165, 1.54) is 6.20 Å². The maximum absolute atomic E-state index is 5.28. The van der Waals surface area contributed by atoms with Crippen LogP contribution < -0.4 is 10.5 Å². The summed E-state index contributed by atoms with van der Waals surface area (Å²) >= 11 is 0. The monoisotopic (exact) mass is 125 g/mol. The Balaban J connectivity index is 2.94. The number of rotatable bonds is 1. The molecule has 0 bridgehead atoms. The molecule has 0 amide bonds. The summed E-state index contributed by atoms with van der Waals surface area (Å²) in [6.45, 7) is 0. The van der Waals surface area contributed by atoms with Crippen molar-refractivity contribution in [3.8, 4) is 5.75 Å². The summed E-state index contributed by atoms with van der Waals surface area (Å²) in [5.74, 6) is 0.997. The van der Waals surface area contributed by atoms with Crippen LogP contribution in [0.3, 0.4) is 0 Å². The Morgan fingerprint density at radius 3 is 2.89 bits per heavy atom. The van der Waals surface area contributed by atoms with Gasteiger partial charge in [-0.3, -0.25) is 0 Å². The molecule has 0 fully saturated rings. The van der Waals surface area contributed by atoms with Crippen LogP contribution in [0.25, 0.3) is 0 Å². The predicted octanol–water partition coefficient (Wildman–Crippen LogP) is 0.0674. The van der Waals surface area contributed by atoms with Crippen LogP contribution in [0.4, 0.5) is 5.82 Å². The number of hydrogen-bond acceptors (Lipinski definition) is 4. The van der Waals surface area contributed by atoms with Crippen LogP contribution in [0.2, 0.25) is 0 Å². The zero-order valence-electron chi connectivity index (χ0n) is 5.03. The zero-order chi connectivity index (χ0) is 6.69. The Labute approximate surface area is 52.7 Å². The molecule has 48 valence electrons. The molecule has 0 aliphatic heterocycles. The molecule has 1 aromatic rings. The second kappa shape index (κ2) is 2.30. The first-order valence-electron chi connectivity index (χ1n) is 2.45. The summed E-state index contributed by atoms with van der Waals surface area (Å²) in [7, 11) is 1.55. The molecule has 2 N–H and O–H groups in total. The smallest absolute Gasteiger partial charge is 0.149 e. The number of ether oxygens (including phenoxy) is 1. The molecule has 0 atom stereocenters. The Hall–Kier alpha value is -1.32. The van der Waals surface area contributed by atoms with Crippen molar-refractivity contribution in [2.24, 2.45) is 0 Å². The van der Waals surface area contributed by atoms with E-state index >= 15 is 0 Å². The summed E-state index contributed by atoms with van der Waals surface area (Å²) in [4.78, 5) is 0. The number of nitrogen functional groups attached to an aromatic ring is 1. The molecule has 0 aliphatic rings. The maximum atomic E-state index is 5.28. The predicted molar refractivity (Wildman–Crippen MR) is 33.0 cm³/mol. The average molecular weight is 125 g/mol. The summed E-state index contributed by atoms with van der Waals surface area (Å²) < 4.78 is 4.81. The number of hydrogen-bond donors (Lipinski definition) is 1. The molecule has 1 heterocycles. The van der Waals surface area contributed by atoms with Crippen molar-refractivity contribution in [1.29, 1.82) is 0 Å². The summed E-state index contributed by atoms with van der Waals surface area (Å²) in [6, 6.07) is 1.60. The van der Waals surface area contributed by atoms with Gasteiger partial charge in [-0.05, 0) is 0 Å². The Kier molecular flexibility index (Phi) is 1.48. The van der Waals surface area contributed by atoms with E-state index in [0.717, 1.165) is 0 Å². The van der Waals surface area contributed by atoms with Crippen molar-refractivity contribution in [3.63, 3.8) is 0 Å². The van der Waals surface area contributed by atoms with Gasteiger partial charge in [-0.25, -0.2) is 0 Å². The first-order valence-corrected chi connectivity index (χ1v) is 2.45. The number of nitrogens with two attached hydrogens (primary N) is 1. The molecule has 1 rings (SSSR count). The third-order valence-electron chi connectivity index (χ3n) is 0.884. The summed E-state index contributed by atoms with van der Waals surface area (Å²) in [5, 5.41) is 7.09. The van der Waals surface area contributed by atoms with Crippen LogP contribution >= 0.6 is 0 Å². The van der Waals surface area contributed by atoms with E-state index in [1.807, 2.05) is 0 Å². The molecule has 0 aliphatic carbocycles. The minimum Gasteiger partial charge on any atom is -0.495 e. The second-order valence-electron chi connectivity index (χ2n) is 1.52. The lowest BCUT2D eigenvalue weighted by atomic mass is 10.5. The van der Waals surface area contributed by atoms with Crippen molar-refractivity contribution in [2.75, 3.05) is 12.8 Å². The maximum Gasteiger partial charge on any atom is 0.149 e. The molecule has 0 radical (unpaired) electrons. The van der Waals surface area contributed by atoms with Crippen molar-refractivity contribution in [2.45, 2.75) is 0 Å². The van der Waals surface area contributed by atoms with Gasteiger partial charge in [-0.15, -0.1) is 5.10 Å². The van der Waals surface area contributed by atoms with Gasteiger partial charge in [0.2, 0.25) is 0 Å². The average Bonchev–Trinajstić information content (AvgIpc) is 1.88. The quantitative estimate of drug-likeness (QED) is 0.576. The normalized spacial score (nSPS) is 9.00. The van der Waals surface area contributed by atoms with E-state index in [1.54, 1.807) is 13.2 Å². The first kappa shape index (κ1) is 5.81. The van der Waals surface area contributed by atoms with Crippen LogP contribution in [0.15, 0.2) is 12.3 Å². The molecule has 0 saturated heterocycles. The first-order chi connectivity index (χ1) is 4.33. The highest BCUT2D eigenvalue weighted by Crippen LogP contribution is 2.07. The third-order valence-corrected chi connectivity index (χ3v) is 0.884. The highest BCUT2D eigenvalue weighted by molar-refractivity contribution is 5.32. The lowest BCUT2D eigenvalue weighted by Crippen LogP contribution is -1.93. The van der Waals surface area contributed by atoms with Gasteiger partial charge < -0.3 is 10.5 Å². The lowest BCUT2D eigenvalue weighted by molar-refractivity contribution is 0.412. The van der Waals surface area contributed by atoms with Gasteiger partial charge >= 0.3 is 0 Å². The molecule has 1 aromatic heterocycles. The van der Waals surface area contributed by atoms with Gasteiger partial charge in [0.1, 0.15) is 11.6 Å². The fourth-order valence-corrected chi connectivity index (χ4v) is 0.476. The number of methoxy groups -OCH3 is 1. The largest absolute Gasteiger partial charge is 0.495 e. The fraction of sp³-hybridized carbons (Fsp3) is 0.200. The molecular formula is C5H7N3O. The summed E-state index contributed by atoms with van der Waals surface area (Å²) in [5.41, 5.74) is 5.28. The van der Waals surface area contributed by atoms with Crippen LogP contribution in [0.1, 0.15) is 0 Å². The highest BCUT2D eigenvalue weighted by Gasteiger charge is 1.90. The molecule has 4 heteroatoms. The van der Waals surface area contributed by atoms with Gasteiger partial charge in [-0.2, -0.15) is 5.10 Å². The van der Waals surface area contributed by atoms with Crippen molar-refractivity contribution >= 4 is 5.82 Å². The van der Waals surface area contributed by atoms with Crippen LogP contribution in [0.5, 0.6) is 5.75 Å². The van der Waals surface area contributed by atoms with Gasteiger partial charge in [0.25, 0.3) is 0 Å². The molecular weight excluding hydrogens is 118 g/mol.